The zero-order valence-corrected chi connectivity index (χ0v) is 11.0. The first kappa shape index (κ1) is 13.7. The highest BCUT2D eigenvalue weighted by Crippen LogP contribution is 2.06. The quantitative estimate of drug-likeness (QED) is 0.890. The van der Waals surface area contributed by atoms with Gasteiger partial charge in [0.25, 0.3) is 5.91 Å². The number of pyridine rings is 1. The minimum Gasteiger partial charge on any atom is -0.478 e. The number of hydrogen-bond donors (Lipinski definition) is 2. The van der Waals surface area contributed by atoms with E-state index in [-0.39, 0.29) is 11.5 Å². The molecule has 2 N–H and O–H groups in total. The monoisotopic (exact) mass is 270 g/mol. The van der Waals surface area contributed by atoms with Gasteiger partial charge in [-0.15, -0.1) is 0 Å². The molecule has 0 radical (unpaired) electrons. The highest BCUT2D eigenvalue weighted by Gasteiger charge is 2.09. The summed E-state index contributed by atoms with van der Waals surface area (Å²) in [6.07, 6.45) is 0. The lowest BCUT2D eigenvalue weighted by Crippen LogP contribution is -2.23. The number of carbonyl (C=O) groups excluding carboxylic acids is 1. The minimum absolute atomic E-state index is 0.0892. The number of rotatable bonds is 4. The molecule has 1 amide bonds. The molecule has 0 atom stereocenters. The molecule has 0 spiro atoms. The maximum absolute atomic E-state index is 11.9. The van der Waals surface area contributed by atoms with Crippen molar-refractivity contribution in [1.29, 1.82) is 0 Å². The van der Waals surface area contributed by atoms with Crippen molar-refractivity contribution in [3.8, 4) is 0 Å². The van der Waals surface area contributed by atoms with Crippen molar-refractivity contribution in [3.05, 3.63) is 65.0 Å². The standard InChI is InChI=1S/C15H14N2O3/c1-10-4-2-7-13(17-10)9-16-14(18)11-5-3-6-12(8-11)15(19)20/h2-8H,9H2,1H3,(H,16,18)(H,19,20). The van der Waals surface area contributed by atoms with Gasteiger partial charge in [-0.2, -0.15) is 0 Å². The van der Waals surface area contributed by atoms with Gasteiger partial charge in [0.2, 0.25) is 0 Å². The van der Waals surface area contributed by atoms with Crippen molar-refractivity contribution < 1.29 is 14.7 Å². The molecule has 2 aromatic rings. The summed E-state index contributed by atoms with van der Waals surface area (Å²) >= 11 is 0. The largest absolute Gasteiger partial charge is 0.478 e. The minimum atomic E-state index is -1.06. The fourth-order valence-corrected chi connectivity index (χ4v) is 1.76. The van der Waals surface area contributed by atoms with Crippen LogP contribution in [0.4, 0.5) is 0 Å². The number of nitrogens with zero attached hydrogens (tertiary/aromatic N) is 1. The molecule has 1 aromatic heterocycles. The molecule has 2 rings (SSSR count). The Morgan fingerprint density at radius 1 is 1.15 bits per heavy atom. The molecule has 1 aromatic carbocycles. The Morgan fingerprint density at radius 3 is 2.55 bits per heavy atom. The number of aryl methyl sites for hydroxylation is 1. The van der Waals surface area contributed by atoms with Crippen LogP contribution < -0.4 is 5.32 Å². The molecule has 102 valence electrons. The number of aromatic nitrogens is 1. The smallest absolute Gasteiger partial charge is 0.335 e. The predicted molar refractivity (Wildman–Crippen MR) is 73.5 cm³/mol. The zero-order valence-electron chi connectivity index (χ0n) is 11.0. The van der Waals surface area contributed by atoms with Gasteiger partial charge in [-0.05, 0) is 37.3 Å². The van der Waals surface area contributed by atoms with E-state index in [4.69, 9.17) is 5.11 Å². The van der Waals surface area contributed by atoms with Crippen LogP contribution in [-0.2, 0) is 6.54 Å². The van der Waals surface area contributed by atoms with Crippen LogP contribution in [0.15, 0.2) is 42.5 Å². The van der Waals surface area contributed by atoms with Crippen LogP contribution in [0.3, 0.4) is 0 Å². The molecule has 0 unspecified atom stereocenters. The van der Waals surface area contributed by atoms with Crippen LogP contribution in [0, 0.1) is 6.92 Å². The van der Waals surface area contributed by atoms with Gasteiger partial charge in [0.1, 0.15) is 0 Å². The van der Waals surface area contributed by atoms with E-state index in [0.29, 0.717) is 12.1 Å². The van der Waals surface area contributed by atoms with E-state index < -0.39 is 5.97 Å². The molecule has 1 heterocycles. The molecular weight excluding hydrogens is 256 g/mol. The molecule has 0 aliphatic carbocycles. The summed E-state index contributed by atoms with van der Waals surface area (Å²) in [5.41, 5.74) is 2.04. The first-order valence-electron chi connectivity index (χ1n) is 6.10. The first-order chi connectivity index (χ1) is 9.56. The van der Waals surface area contributed by atoms with Crippen molar-refractivity contribution in [2.24, 2.45) is 0 Å². The third-order valence-corrected chi connectivity index (χ3v) is 2.75. The van der Waals surface area contributed by atoms with Crippen LogP contribution in [0.5, 0.6) is 0 Å². The second-order valence-corrected chi connectivity index (χ2v) is 4.34. The molecule has 5 heteroatoms. The number of carboxylic acid groups (broad SMARTS) is 1. The Bertz CT molecular complexity index is 653. The van der Waals surface area contributed by atoms with Gasteiger partial charge in [-0.25, -0.2) is 4.79 Å². The zero-order chi connectivity index (χ0) is 14.5. The Hall–Kier alpha value is -2.69. The Kier molecular flexibility index (Phi) is 4.10. The second-order valence-electron chi connectivity index (χ2n) is 4.34. The summed E-state index contributed by atoms with van der Waals surface area (Å²) < 4.78 is 0. The van der Waals surface area contributed by atoms with E-state index in [2.05, 4.69) is 10.3 Å². The normalized spacial score (nSPS) is 10.1. The second kappa shape index (κ2) is 5.97. The highest BCUT2D eigenvalue weighted by molar-refractivity contribution is 5.97. The number of hydrogen-bond acceptors (Lipinski definition) is 3. The number of nitrogens with one attached hydrogen (secondary N) is 1. The first-order valence-corrected chi connectivity index (χ1v) is 6.10. The number of carbonyl (C=O) groups is 2. The lowest BCUT2D eigenvalue weighted by molar-refractivity contribution is 0.0697. The maximum atomic E-state index is 11.9. The predicted octanol–water partition coefficient (Wildman–Crippen LogP) is 2.02. The number of carboxylic acids is 1. The van der Waals surface area contributed by atoms with Crippen LogP contribution in [0.2, 0.25) is 0 Å². The van der Waals surface area contributed by atoms with E-state index in [1.54, 1.807) is 12.1 Å². The van der Waals surface area contributed by atoms with Crippen LogP contribution >= 0.6 is 0 Å². The molecule has 0 aliphatic heterocycles. The lowest BCUT2D eigenvalue weighted by atomic mass is 10.1. The van der Waals surface area contributed by atoms with Crippen molar-refractivity contribution in [3.63, 3.8) is 0 Å². The molecule has 0 aliphatic rings. The van der Waals surface area contributed by atoms with E-state index in [0.717, 1.165) is 11.4 Å². The summed E-state index contributed by atoms with van der Waals surface area (Å²) in [6.45, 7) is 2.18. The van der Waals surface area contributed by atoms with Gasteiger partial charge in [-0.3, -0.25) is 9.78 Å². The van der Waals surface area contributed by atoms with Gasteiger partial charge in [0.05, 0.1) is 17.8 Å². The highest BCUT2D eigenvalue weighted by atomic mass is 16.4. The lowest BCUT2D eigenvalue weighted by Gasteiger charge is -2.06. The summed E-state index contributed by atoms with van der Waals surface area (Å²) in [4.78, 5) is 27.1. The summed E-state index contributed by atoms with van der Waals surface area (Å²) in [5, 5.41) is 11.6. The van der Waals surface area contributed by atoms with Gasteiger partial charge in [0, 0.05) is 11.3 Å². The van der Waals surface area contributed by atoms with Crippen molar-refractivity contribution >= 4 is 11.9 Å². The average Bonchev–Trinajstić information content (AvgIpc) is 2.45. The summed E-state index contributed by atoms with van der Waals surface area (Å²) in [5.74, 6) is -1.38. The third-order valence-electron chi connectivity index (χ3n) is 2.75. The molecule has 5 nitrogen and oxygen atoms in total. The molecule has 0 bridgehead atoms. The number of amides is 1. The molecule has 20 heavy (non-hydrogen) atoms. The van der Waals surface area contributed by atoms with E-state index >= 15 is 0 Å². The topological polar surface area (TPSA) is 79.3 Å². The SMILES string of the molecule is Cc1cccc(CNC(=O)c2cccc(C(=O)O)c2)n1. The van der Waals surface area contributed by atoms with Crippen LogP contribution in [-0.4, -0.2) is 22.0 Å². The third kappa shape index (κ3) is 3.41. The molecule has 0 saturated carbocycles. The van der Waals surface area contributed by atoms with Gasteiger partial charge >= 0.3 is 5.97 Å². The molecular formula is C15H14N2O3. The Morgan fingerprint density at radius 2 is 1.85 bits per heavy atom. The van der Waals surface area contributed by atoms with Crippen LogP contribution in [0.25, 0.3) is 0 Å². The van der Waals surface area contributed by atoms with Crippen molar-refractivity contribution in [2.45, 2.75) is 13.5 Å². The van der Waals surface area contributed by atoms with E-state index in [1.165, 1.54) is 12.1 Å². The van der Waals surface area contributed by atoms with E-state index in [1.807, 2.05) is 25.1 Å². The number of aromatic carboxylic acids is 1. The van der Waals surface area contributed by atoms with Gasteiger partial charge in [0.15, 0.2) is 0 Å². The fraction of sp³-hybridized carbons (Fsp3) is 0.133. The summed E-state index contributed by atoms with van der Waals surface area (Å²) in [6, 6.07) is 11.5. The van der Waals surface area contributed by atoms with Crippen molar-refractivity contribution in [2.75, 3.05) is 0 Å². The average molecular weight is 270 g/mol. The van der Waals surface area contributed by atoms with Gasteiger partial charge in [-0.1, -0.05) is 12.1 Å². The summed E-state index contributed by atoms with van der Waals surface area (Å²) in [7, 11) is 0. The Balaban J connectivity index is 2.05. The maximum Gasteiger partial charge on any atom is 0.335 e. The van der Waals surface area contributed by atoms with Crippen LogP contribution in [0.1, 0.15) is 32.1 Å². The number of benzene rings is 1. The van der Waals surface area contributed by atoms with Gasteiger partial charge < -0.3 is 10.4 Å². The van der Waals surface area contributed by atoms with Crippen molar-refractivity contribution in [1.82, 2.24) is 10.3 Å². The molecule has 0 fully saturated rings. The van der Waals surface area contributed by atoms with E-state index in [9.17, 15) is 9.59 Å². The molecule has 0 saturated heterocycles. The Labute approximate surface area is 116 Å². The fourth-order valence-electron chi connectivity index (χ4n) is 1.76.